The van der Waals surface area contributed by atoms with Crippen LogP contribution < -0.4 is 21.5 Å². The van der Waals surface area contributed by atoms with Gasteiger partial charge in [0.05, 0.1) is 41.6 Å². The molecule has 3 aliphatic carbocycles. The molecule has 6 aromatic rings. The lowest BCUT2D eigenvalue weighted by molar-refractivity contribution is -0.172. The highest BCUT2D eigenvalue weighted by atomic mass is 19.1. The lowest BCUT2D eigenvalue weighted by atomic mass is 9.76. The van der Waals surface area contributed by atoms with Crippen LogP contribution in [0.15, 0.2) is 95.8 Å². The number of aryl methyl sites for hydroxylation is 1. The molecule has 3 atom stereocenters. The van der Waals surface area contributed by atoms with Crippen molar-refractivity contribution < 1.29 is 57.3 Å². The van der Waals surface area contributed by atoms with Crippen molar-refractivity contribution in [2.24, 2.45) is 0 Å². The Bertz CT molecular complexity index is 3580. The van der Waals surface area contributed by atoms with Crippen LogP contribution in [0.4, 0.5) is 9.18 Å². The first kappa shape index (κ1) is 53.8. The van der Waals surface area contributed by atoms with Gasteiger partial charge in [-0.2, -0.15) is 0 Å². The number of pyridine rings is 2. The predicted octanol–water partition coefficient (Wildman–Crippen LogP) is 7.10. The SMILES string of the molecule is CC[C@@]1(O)C(=O)OCc2c1cc1n(c2=O)Cc2c-1nc1cc(F)c(C)c3c1c2[C@@H](CC(=O)C1(OCNC(=O)CCC(=O)[C@H](Cc2ccccc2)NC(=O)CCC(=O)CNC(=O)OCC2c4ccccc4-c4ccccc42)CC1)CC3. The fraction of sp³-hybridized carbons (Fsp3) is 0.371. The number of nitrogens with zero attached hydrogens (tertiary/aromatic N) is 2. The number of alkyl carbamates (subject to hydrolysis) is 1. The van der Waals surface area contributed by atoms with Crippen molar-refractivity contribution in [2.75, 3.05) is 19.9 Å². The molecule has 0 spiro atoms. The first-order valence-corrected chi connectivity index (χ1v) is 27.3. The molecule has 4 N–H and O–H groups in total. The van der Waals surface area contributed by atoms with E-state index in [9.17, 15) is 43.5 Å². The standard InChI is InChI=1S/C62H60FN5O12/c1-3-62(77)46-27-50-57-43(30-68(50)58(74)45(46)32-78-59(62)75)55-36(17-19-38-34(2)47(63)28-49(67-57)56(38)55)26-52(71)61(23-24-61)80-33-65-53(72)22-20-51(70)48(25-35-11-5-4-6-12-35)66-54(73)21-18-37(69)29-64-60(76)79-31-44-41-15-9-7-13-39(41)40-14-8-10-16-42(40)44/h4-16,27-28,36,44,48,77H,3,17-26,29-33H2,1-2H3,(H,64,76)(H,65,72)(H,66,73)/t36-,48+,62+/m1/s1. The first-order valence-electron chi connectivity index (χ1n) is 27.3. The van der Waals surface area contributed by atoms with Gasteiger partial charge in [-0.15, -0.1) is 0 Å². The second-order valence-electron chi connectivity index (χ2n) is 21.6. The predicted molar refractivity (Wildman–Crippen MR) is 290 cm³/mol. The van der Waals surface area contributed by atoms with Crippen LogP contribution in [0.3, 0.4) is 0 Å². The number of carbonyl (C=O) groups is 7. The topological polar surface area (TPSA) is 238 Å². The molecule has 17 nitrogen and oxygen atoms in total. The van der Waals surface area contributed by atoms with Crippen molar-refractivity contribution in [1.29, 1.82) is 0 Å². The molecule has 412 valence electrons. The number of nitrogens with one attached hydrogen (secondary N) is 3. The number of halogens is 1. The molecule has 4 aromatic carbocycles. The Kier molecular flexibility index (Phi) is 14.6. The zero-order chi connectivity index (χ0) is 56.0. The minimum atomic E-state index is -2.03. The normalized spacial score (nSPS) is 18.1. The fourth-order valence-electron chi connectivity index (χ4n) is 12.2. The summed E-state index contributed by atoms with van der Waals surface area (Å²) in [6.07, 6.45) is 0.345. The maximum absolute atomic E-state index is 15.5. The summed E-state index contributed by atoms with van der Waals surface area (Å²) >= 11 is 0. The number of aromatic nitrogens is 2. The van der Waals surface area contributed by atoms with E-state index in [-0.39, 0.29) is 107 Å². The third-order valence-electron chi connectivity index (χ3n) is 16.8. The van der Waals surface area contributed by atoms with Gasteiger partial charge in [0, 0.05) is 60.6 Å². The van der Waals surface area contributed by atoms with Gasteiger partial charge in [-0.1, -0.05) is 85.8 Å². The Labute approximate surface area is 459 Å². The Balaban J connectivity index is 0.678. The second kappa shape index (κ2) is 21.8. The molecule has 80 heavy (non-hydrogen) atoms. The largest absolute Gasteiger partial charge is 0.458 e. The Morgan fingerprint density at radius 1 is 0.863 bits per heavy atom. The molecule has 18 heteroatoms. The number of carbonyl (C=O) groups excluding carboxylic acids is 7. The first-order chi connectivity index (χ1) is 38.6. The maximum Gasteiger partial charge on any atom is 0.407 e. The number of hydrogen-bond acceptors (Lipinski definition) is 13. The third kappa shape index (κ3) is 10.1. The number of esters is 1. The summed E-state index contributed by atoms with van der Waals surface area (Å²) in [5.74, 6) is -3.83. The van der Waals surface area contributed by atoms with Crippen molar-refractivity contribution in [3.05, 3.63) is 157 Å². The third-order valence-corrected chi connectivity index (χ3v) is 16.8. The van der Waals surface area contributed by atoms with Crippen LogP contribution in [0.1, 0.15) is 127 Å². The number of aliphatic hydroxyl groups is 1. The Hall–Kier alpha value is -8.22. The molecule has 0 unspecified atom stereocenters. The lowest BCUT2D eigenvalue weighted by Crippen LogP contribution is -2.44. The van der Waals surface area contributed by atoms with Crippen molar-refractivity contribution in [2.45, 2.75) is 127 Å². The number of ether oxygens (including phenoxy) is 3. The minimum Gasteiger partial charge on any atom is -0.458 e. The number of fused-ring (bicyclic) bond motifs is 8. The highest BCUT2D eigenvalue weighted by Crippen LogP contribution is 2.50. The molecule has 0 saturated heterocycles. The Morgan fingerprint density at radius 3 is 2.27 bits per heavy atom. The van der Waals surface area contributed by atoms with Crippen LogP contribution in [-0.4, -0.2) is 87.4 Å². The summed E-state index contributed by atoms with van der Waals surface area (Å²) in [5.41, 5.74) is 5.68. The summed E-state index contributed by atoms with van der Waals surface area (Å²) in [6, 6.07) is 26.9. The number of benzene rings is 4. The number of hydrogen-bond donors (Lipinski definition) is 4. The van der Waals surface area contributed by atoms with Gasteiger partial charge in [-0.3, -0.25) is 28.8 Å². The lowest BCUT2D eigenvalue weighted by Gasteiger charge is -2.31. The van der Waals surface area contributed by atoms with Crippen molar-refractivity contribution in [3.8, 4) is 22.5 Å². The molecule has 1 saturated carbocycles. The molecular weight excluding hydrogens is 1030 g/mol. The van der Waals surface area contributed by atoms with Crippen LogP contribution >= 0.6 is 0 Å². The molecule has 5 aliphatic rings. The van der Waals surface area contributed by atoms with Gasteiger partial charge in [0.1, 0.15) is 31.4 Å². The van der Waals surface area contributed by atoms with Gasteiger partial charge in [0.25, 0.3) is 5.56 Å². The van der Waals surface area contributed by atoms with Crippen molar-refractivity contribution in [3.63, 3.8) is 0 Å². The van der Waals surface area contributed by atoms with E-state index < -0.39 is 64.1 Å². The maximum atomic E-state index is 15.5. The van der Waals surface area contributed by atoms with Crippen LogP contribution in [0.25, 0.3) is 33.4 Å². The van der Waals surface area contributed by atoms with Gasteiger partial charge in [0.2, 0.25) is 11.8 Å². The Morgan fingerprint density at radius 2 is 1.56 bits per heavy atom. The van der Waals surface area contributed by atoms with Gasteiger partial charge < -0.3 is 39.8 Å². The molecule has 1 fully saturated rings. The van der Waals surface area contributed by atoms with Crippen LogP contribution in [0.2, 0.25) is 0 Å². The fourth-order valence-corrected chi connectivity index (χ4v) is 12.2. The van der Waals surface area contributed by atoms with Gasteiger partial charge in [-0.25, -0.2) is 19.0 Å². The van der Waals surface area contributed by atoms with Gasteiger partial charge in [0.15, 0.2) is 23.0 Å². The molecule has 0 radical (unpaired) electrons. The van der Waals surface area contributed by atoms with E-state index in [1.54, 1.807) is 32.0 Å². The smallest absolute Gasteiger partial charge is 0.407 e. The van der Waals surface area contributed by atoms with E-state index in [2.05, 4.69) is 16.0 Å². The van der Waals surface area contributed by atoms with Crippen LogP contribution in [0, 0.1) is 12.7 Å². The van der Waals surface area contributed by atoms with E-state index in [4.69, 9.17) is 19.2 Å². The number of Topliss-reactive ketones (excluding diaryl/α,β-unsaturated/α-hetero) is 3. The highest BCUT2D eigenvalue weighted by molar-refractivity contribution is 5.97. The average molecular weight is 1090 g/mol. The zero-order valence-corrected chi connectivity index (χ0v) is 44.4. The summed E-state index contributed by atoms with van der Waals surface area (Å²) in [6.45, 7) is 2.58. The van der Waals surface area contributed by atoms with Crippen LogP contribution in [-0.2, 0) is 74.6 Å². The molecule has 3 amide bonds. The molecule has 0 bridgehead atoms. The summed E-state index contributed by atoms with van der Waals surface area (Å²) < 4.78 is 33.9. The zero-order valence-electron chi connectivity index (χ0n) is 44.4. The number of cyclic esters (lactones) is 1. The molecule has 2 aliphatic heterocycles. The molecule has 11 rings (SSSR count). The second-order valence-corrected chi connectivity index (χ2v) is 21.6. The van der Waals surface area contributed by atoms with Crippen molar-refractivity contribution in [1.82, 2.24) is 25.5 Å². The molecular formula is C62H60FN5O12. The molecule has 2 aromatic heterocycles. The quantitative estimate of drug-likeness (QED) is 0.0415. The monoisotopic (exact) mass is 1090 g/mol. The number of amides is 3. The molecule has 4 heterocycles. The van der Waals surface area contributed by atoms with E-state index in [1.165, 1.54) is 10.6 Å². The average Bonchev–Trinajstić information content (AvgIpc) is 3.04. The van der Waals surface area contributed by atoms with Crippen molar-refractivity contribution >= 4 is 52.1 Å². The number of ketones is 3. The summed E-state index contributed by atoms with van der Waals surface area (Å²) in [5, 5.41) is 20.1. The number of rotatable bonds is 21. The summed E-state index contributed by atoms with van der Waals surface area (Å²) in [4.78, 5) is 112. The van der Waals surface area contributed by atoms with Crippen LogP contribution in [0.5, 0.6) is 0 Å². The van der Waals surface area contributed by atoms with E-state index in [1.807, 2.05) is 66.7 Å². The van der Waals surface area contributed by atoms with E-state index in [0.29, 0.717) is 53.7 Å². The van der Waals surface area contributed by atoms with E-state index >= 15 is 4.39 Å². The van der Waals surface area contributed by atoms with E-state index in [0.717, 1.165) is 44.3 Å². The minimum absolute atomic E-state index is 0.0301. The summed E-state index contributed by atoms with van der Waals surface area (Å²) in [7, 11) is 0. The van der Waals surface area contributed by atoms with Gasteiger partial charge in [-0.05, 0) is 102 Å². The highest BCUT2D eigenvalue weighted by Gasteiger charge is 2.52. The van der Waals surface area contributed by atoms with Gasteiger partial charge >= 0.3 is 12.1 Å².